The molecule has 2 aromatic carbocycles. The number of anilines is 1. The highest BCUT2D eigenvalue weighted by Gasteiger charge is 2.23. The maximum absolute atomic E-state index is 12.9. The zero-order valence-corrected chi connectivity index (χ0v) is 22.6. The summed E-state index contributed by atoms with van der Waals surface area (Å²) in [5.41, 5.74) is 2.38. The second kappa shape index (κ2) is 12.8. The number of rotatable bonds is 11. The van der Waals surface area contributed by atoms with Crippen molar-refractivity contribution in [3.63, 3.8) is 0 Å². The van der Waals surface area contributed by atoms with Crippen LogP contribution in [0.1, 0.15) is 36.7 Å². The van der Waals surface area contributed by atoms with Crippen LogP contribution in [-0.2, 0) is 9.53 Å². The molecule has 0 spiro atoms. The van der Waals surface area contributed by atoms with E-state index in [0.29, 0.717) is 33.6 Å². The molecule has 0 saturated heterocycles. The third-order valence-electron chi connectivity index (χ3n) is 5.18. The van der Waals surface area contributed by atoms with Gasteiger partial charge in [-0.1, -0.05) is 12.1 Å². The van der Waals surface area contributed by atoms with Crippen LogP contribution in [0.5, 0.6) is 23.0 Å². The summed E-state index contributed by atoms with van der Waals surface area (Å²) in [6.07, 6.45) is 3.05. The van der Waals surface area contributed by atoms with Gasteiger partial charge in [0, 0.05) is 17.0 Å². The zero-order chi connectivity index (χ0) is 26.9. The van der Waals surface area contributed by atoms with Crippen LogP contribution in [-0.4, -0.2) is 45.9 Å². The number of hydrogen-bond donors (Lipinski definition) is 1. The van der Waals surface area contributed by atoms with Crippen molar-refractivity contribution in [2.75, 3.05) is 33.3 Å². The SMILES string of the molecule is CCOC(=O)c1c(-c2ccc(OC)c(OC)c2)csc1NC(=O)/C=C/c1ccc(OC(C)C)c(OC)c1. The molecule has 1 amide bonds. The molecule has 0 atom stereocenters. The van der Waals surface area contributed by atoms with E-state index in [0.717, 1.165) is 11.1 Å². The fourth-order valence-electron chi connectivity index (χ4n) is 3.54. The van der Waals surface area contributed by atoms with Gasteiger partial charge in [-0.3, -0.25) is 4.79 Å². The largest absolute Gasteiger partial charge is 0.493 e. The molecule has 0 bridgehead atoms. The van der Waals surface area contributed by atoms with Crippen molar-refractivity contribution in [3.8, 4) is 34.1 Å². The smallest absolute Gasteiger partial charge is 0.341 e. The summed E-state index contributed by atoms with van der Waals surface area (Å²) in [5, 5.41) is 4.99. The van der Waals surface area contributed by atoms with Crippen molar-refractivity contribution in [1.29, 1.82) is 0 Å². The van der Waals surface area contributed by atoms with E-state index in [9.17, 15) is 9.59 Å². The first kappa shape index (κ1) is 27.6. The molecular formula is C28H31NO7S. The summed E-state index contributed by atoms with van der Waals surface area (Å²) >= 11 is 1.24. The lowest BCUT2D eigenvalue weighted by Crippen LogP contribution is -2.12. The Morgan fingerprint density at radius 2 is 1.62 bits per heavy atom. The van der Waals surface area contributed by atoms with Crippen LogP contribution < -0.4 is 24.3 Å². The number of benzene rings is 2. The van der Waals surface area contributed by atoms with Gasteiger partial charge in [-0.05, 0) is 62.2 Å². The van der Waals surface area contributed by atoms with Gasteiger partial charge in [0.05, 0.1) is 34.0 Å². The topological polar surface area (TPSA) is 92.3 Å². The van der Waals surface area contributed by atoms with E-state index in [1.165, 1.54) is 17.4 Å². The molecule has 0 aliphatic rings. The fraction of sp³-hybridized carbons (Fsp3) is 0.286. The summed E-state index contributed by atoms with van der Waals surface area (Å²) in [4.78, 5) is 25.7. The second-order valence-electron chi connectivity index (χ2n) is 8.04. The first-order valence-electron chi connectivity index (χ1n) is 11.7. The molecular weight excluding hydrogens is 494 g/mol. The molecule has 1 N–H and O–H groups in total. The summed E-state index contributed by atoms with van der Waals surface area (Å²) in [5.74, 6) is 1.36. The summed E-state index contributed by atoms with van der Waals surface area (Å²) in [7, 11) is 4.66. The monoisotopic (exact) mass is 525 g/mol. The van der Waals surface area contributed by atoms with E-state index in [2.05, 4.69) is 5.32 Å². The minimum Gasteiger partial charge on any atom is -0.493 e. The molecule has 0 aliphatic heterocycles. The van der Waals surface area contributed by atoms with Gasteiger partial charge in [0.2, 0.25) is 5.91 Å². The van der Waals surface area contributed by atoms with Crippen LogP contribution >= 0.6 is 11.3 Å². The minimum atomic E-state index is -0.529. The standard InChI is InChI=1S/C28H31NO7S/c1-7-35-28(31)26-20(19-10-12-21(32-4)24(15-19)34-6)16-37-27(26)29-25(30)13-9-18-8-11-22(36-17(2)3)23(14-18)33-5/h8-17H,7H2,1-6H3,(H,29,30)/b13-9+. The Morgan fingerprint density at radius 1 is 0.946 bits per heavy atom. The van der Waals surface area contributed by atoms with Gasteiger partial charge in [-0.2, -0.15) is 0 Å². The van der Waals surface area contributed by atoms with Crippen molar-refractivity contribution in [1.82, 2.24) is 0 Å². The Labute approximate surface area is 220 Å². The van der Waals surface area contributed by atoms with Gasteiger partial charge in [-0.25, -0.2) is 4.79 Å². The highest BCUT2D eigenvalue weighted by molar-refractivity contribution is 7.15. The maximum Gasteiger partial charge on any atom is 0.341 e. The Kier molecular flexibility index (Phi) is 9.57. The molecule has 0 radical (unpaired) electrons. The minimum absolute atomic E-state index is 0.00403. The molecule has 196 valence electrons. The van der Waals surface area contributed by atoms with Crippen LogP contribution in [0.3, 0.4) is 0 Å². The van der Waals surface area contributed by atoms with Gasteiger partial charge in [-0.15, -0.1) is 11.3 Å². The molecule has 3 aromatic rings. The van der Waals surface area contributed by atoms with Crippen molar-refractivity contribution in [3.05, 3.63) is 59.0 Å². The van der Waals surface area contributed by atoms with E-state index in [1.54, 1.807) is 64.0 Å². The normalized spacial score (nSPS) is 10.9. The molecule has 0 aliphatic carbocycles. The fourth-order valence-corrected chi connectivity index (χ4v) is 4.50. The van der Waals surface area contributed by atoms with Crippen LogP contribution in [0.4, 0.5) is 5.00 Å². The van der Waals surface area contributed by atoms with Crippen LogP contribution in [0.2, 0.25) is 0 Å². The Balaban J connectivity index is 1.87. The molecule has 0 saturated carbocycles. The van der Waals surface area contributed by atoms with Gasteiger partial charge in [0.25, 0.3) is 0 Å². The average Bonchev–Trinajstić information content (AvgIpc) is 3.30. The molecule has 37 heavy (non-hydrogen) atoms. The van der Waals surface area contributed by atoms with Gasteiger partial charge in [0.1, 0.15) is 10.6 Å². The van der Waals surface area contributed by atoms with Gasteiger partial charge >= 0.3 is 5.97 Å². The third-order valence-corrected chi connectivity index (χ3v) is 6.07. The predicted octanol–water partition coefficient (Wildman–Crippen LogP) is 6.06. The lowest BCUT2D eigenvalue weighted by molar-refractivity contribution is -0.111. The molecule has 3 rings (SSSR count). The highest BCUT2D eigenvalue weighted by Crippen LogP contribution is 2.39. The second-order valence-corrected chi connectivity index (χ2v) is 8.92. The van der Waals surface area contributed by atoms with E-state index in [4.69, 9.17) is 23.7 Å². The lowest BCUT2D eigenvalue weighted by atomic mass is 10.0. The summed E-state index contributed by atoms with van der Waals surface area (Å²) in [6, 6.07) is 10.8. The first-order chi connectivity index (χ1) is 17.8. The number of methoxy groups -OCH3 is 3. The van der Waals surface area contributed by atoms with Crippen molar-refractivity contribution in [2.45, 2.75) is 26.9 Å². The third kappa shape index (κ3) is 6.83. The molecule has 1 aromatic heterocycles. The number of nitrogens with one attached hydrogen (secondary N) is 1. The summed E-state index contributed by atoms with van der Waals surface area (Å²) < 4.78 is 27.1. The van der Waals surface area contributed by atoms with E-state index in [-0.39, 0.29) is 18.3 Å². The van der Waals surface area contributed by atoms with Crippen molar-refractivity contribution >= 4 is 34.3 Å². The Bertz CT molecular complexity index is 1280. The van der Waals surface area contributed by atoms with E-state index < -0.39 is 11.9 Å². The van der Waals surface area contributed by atoms with Crippen molar-refractivity contribution < 1.29 is 33.3 Å². The number of carbonyl (C=O) groups is 2. The number of hydrogen-bond acceptors (Lipinski definition) is 8. The quantitative estimate of drug-likeness (QED) is 0.240. The molecule has 9 heteroatoms. The number of carbonyl (C=O) groups excluding carboxylic acids is 2. The maximum atomic E-state index is 12.9. The van der Waals surface area contributed by atoms with Crippen molar-refractivity contribution in [2.24, 2.45) is 0 Å². The highest BCUT2D eigenvalue weighted by atomic mass is 32.1. The summed E-state index contributed by atoms with van der Waals surface area (Å²) in [6.45, 7) is 5.80. The molecule has 0 fully saturated rings. The number of thiophene rings is 1. The van der Waals surface area contributed by atoms with Crippen LogP contribution in [0.25, 0.3) is 17.2 Å². The van der Waals surface area contributed by atoms with Crippen LogP contribution in [0.15, 0.2) is 47.9 Å². The Morgan fingerprint density at radius 3 is 2.27 bits per heavy atom. The van der Waals surface area contributed by atoms with Gasteiger partial charge in [0.15, 0.2) is 23.0 Å². The number of amides is 1. The van der Waals surface area contributed by atoms with E-state index in [1.807, 2.05) is 26.0 Å². The van der Waals surface area contributed by atoms with Crippen LogP contribution in [0, 0.1) is 0 Å². The molecule has 8 nitrogen and oxygen atoms in total. The number of esters is 1. The number of ether oxygens (including phenoxy) is 5. The average molecular weight is 526 g/mol. The Hall–Kier alpha value is -3.98. The molecule has 1 heterocycles. The van der Waals surface area contributed by atoms with Gasteiger partial charge < -0.3 is 29.0 Å². The van der Waals surface area contributed by atoms with E-state index >= 15 is 0 Å². The zero-order valence-electron chi connectivity index (χ0n) is 21.7. The first-order valence-corrected chi connectivity index (χ1v) is 12.5. The molecule has 0 unspecified atom stereocenters. The lowest BCUT2D eigenvalue weighted by Gasteiger charge is -2.13. The predicted molar refractivity (Wildman–Crippen MR) is 145 cm³/mol.